The Balaban J connectivity index is 2.15. The third-order valence-corrected chi connectivity index (χ3v) is 6.77. The van der Waals surface area contributed by atoms with E-state index < -0.39 is 33.6 Å². The number of ether oxygens (including phenoxy) is 4. The van der Waals surface area contributed by atoms with E-state index in [1.807, 2.05) is 0 Å². The van der Waals surface area contributed by atoms with Crippen molar-refractivity contribution in [2.24, 2.45) is 0 Å². The summed E-state index contributed by atoms with van der Waals surface area (Å²) in [5.41, 5.74) is 0.395. The average Bonchev–Trinajstić information content (AvgIpc) is 2.83. The van der Waals surface area contributed by atoms with Crippen LogP contribution in [-0.4, -0.2) is 54.1 Å². The zero-order chi connectivity index (χ0) is 24.9. The number of sulfone groups is 1. The molecule has 0 spiro atoms. The number of urea groups is 1. The van der Waals surface area contributed by atoms with Crippen LogP contribution < -0.4 is 24.8 Å². The SMILES string of the molecule is CCOC(=O)C1=C(CS(=O)(=O)c2cc(OC)ccc2OC)NC(=O)N[C@H]1c1cccc(OC)c1. The maximum Gasteiger partial charge on any atom is 0.338 e. The zero-order valence-corrected chi connectivity index (χ0v) is 20.0. The van der Waals surface area contributed by atoms with Gasteiger partial charge in [-0.3, -0.25) is 0 Å². The monoisotopic (exact) mass is 490 g/mol. The summed E-state index contributed by atoms with van der Waals surface area (Å²) in [5, 5.41) is 5.14. The average molecular weight is 491 g/mol. The largest absolute Gasteiger partial charge is 0.497 e. The third kappa shape index (κ3) is 5.25. The Kier molecular flexibility index (Phi) is 7.67. The molecule has 0 saturated carbocycles. The Morgan fingerprint density at radius 1 is 1.00 bits per heavy atom. The molecule has 1 heterocycles. The summed E-state index contributed by atoms with van der Waals surface area (Å²) in [5.74, 6) is -0.529. The number of hydrogen-bond donors (Lipinski definition) is 2. The van der Waals surface area contributed by atoms with E-state index in [1.165, 1.54) is 33.5 Å². The molecule has 0 aliphatic carbocycles. The third-order valence-electron chi connectivity index (χ3n) is 5.12. The van der Waals surface area contributed by atoms with E-state index in [1.54, 1.807) is 37.3 Å². The molecule has 182 valence electrons. The lowest BCUT2D eigenvalue weighted by atomic mass is 9.95. The summed E-state index contributed by atoms with van der Waals surface area (Å²) < 4.78 is 47.6. The highest BCUT2D eigenvalue weighted by Gasteiger charge is 2.36. The van der Waals surface area contributed by atoms with Crippen LogP contribution in [0.15, 0.2) is 58.6 Å². The second-order valence-electron chi connectivity index (χ2n) is 7.20. The minimum Gasteiger partial charge on any atom is -0.497 e. The van der Waals surface area contributed by atoms with Gasteiger partial charge < -0.3 is 29.6 Å². The number of amides is 2. The summed E-state index contributed by atoms with van der Waals surface area (Å²) in [6.45, 7) is 1.69. The Morgan fingerprint density at radius 3 is 2.35 bits per heavy atom. The molecule has 1 atom stereocenters. The van der Waals surface area contributed by atoms with Gasteiger partial charge in [-0.05, 0) is 36.8 Å². The van der Waals surface area contributed by atoms with Crippen LogP contribution in [0, 0.1) is 0 Å². The van der Waals surface area contributed by atoms with Crippen LogP contribution in [0.3, 0.4) is 0 Å². The van der Waals surface area contributed by atoms with E-state index in [-0.39, 0.29) is 28.5 Å². The Morgan fingerprint density at radius 2 is 1.71 bits per heavy atom. The molecule has 34 heavy (non-hydrogen) atoms. The molecule has 0 fully saturated rings. The van der Waals surface area contributed by atoms with Crippen LogP contribution in [-0.2, 0) is 19.4 Å². The summed E-state index contributed by atoms with van der Waals surface area (Å²) in [6.07, 6.45) is 0. The fourth-order valence-electron chi connectivity index (χ4n) is 3.55. The molecule has 0 bridgehead atoms. The number of carbonyl (C=O) groups is 2. The van der Waals surface area contributed by atoms with E-state index >= 15 is 0 Å². The molecule has 1 aliphatic rings. The Labute approximate surface area is 197 Å². The first-order chi connectivity index (χ1) is 16.2. The first-order valence-electron chi connectivity index (χ1n) is 10.3. The topological polar surface area (TPSA) is 129 Å². The van der Waals surface area contributed by atoms with Gasteiger partial charge in [0.2, 0.25) is 0 Å². The molecule has 2 aromatic carbocycles. The van der Waals surface area contributed by atoms with Crippen LogP contribution in [0.2, 0.25) is 0 Å². The fourth-order valence-corrected chi connectivity index (χ4v) is 5.06. The summed E-state index contributed by atoms with van der Waals surface area (Å²) in [6, 6.07) is 9.47. The summed E-state index contributed by atoms with van der Waals surface area (Å²) in [7, 11) is 0.142. The van der Waals surface area contributed by atoms with Crippen molar-refractivity contribution in [2.45, 2.75) is 17.9 Å². The van der Waals surface area contributed by atoms with E-state index in [0.717, 1.165) is 0 Å². The van der Waals surface area contributed by atoms with Crippen molar-refractivity contribution in [3.8, 4) is 17.2 Å². The first-order valence-corrected chi connectivity index (χ1v) is 12.0. The van der Waals surface area contributed by atoms with Crippen molar-refractivity contribution in [1.82, 2.24) is 10.6 Å². The van der Waals surface area contributed by atoms with Crippen LogP contribution in [0.25, 0.3) is 0 Å². The smallest absolute Gasteiger partial charge is 0.338 e. The molecule has 0 unspecified atom stereocenters. The lowest BCUT2D eigenvalue weighted by molar-refractivity contribution is -0.139. The minimum absolute atomic E-state index is 0.0276. The van der Waals surface area contributed by atoms with Gasteiger partial charge in [0.05, 0.1) is 45.3 Å². The van der Waals surface area contributed by atoms with Crippen LogP contribution in [0.1, 0.15) is 18.5 Å². The van der Waals surface area contributed by atoms with Gasteiger partial charge in [0.15, 0.2) is 9.84 Å². The standard InChI is InChI=1S/C23H26N2O8S/c1-5-33-22(26)20-17(13-34(28,29)19-12-16(31-3)9-10-18(19)32-4)24-23(27)25-21(20)14-7-6-8-15(11-14)30-2/h6-12,21H,5,13H2,1-4H3,(H2,24,25,27)/t21-/m0/s1. The van der Waals surface area contributed by atoms with Crippen molar-refractivity contribution >= 4 is 21.8 Å². The summed E-state index contributed by atoms with van der Waals surface area (Å²) >= 11 is 0. The van der Waals surface area contributed by atoms with Crippen molar-refractivity contribution in [3.63, 3.8) is 0 Å². The van der Waals surface area contributed by atoms with E-state index in [0.29, 0.717) is 17.1 Å². The number of nitrogens with one attached hydrogen (secondary N) is 2. The highest BCUT2D eigenvalue weighted by molar-refractivity contribution is 7.91. The number of methoxy groups -OCH3 is 3. The number of benzene rings is 2. The first kappa shape index (κ1) is 24.9. The van der Waals surface area contributed by atoms with E-state index in [2.05, 4.69) is 10.6 Å². The van der Waals surface area contributed by atoms with Gasteiger partial charge in [-0.1, -0.05) is 12.1 Å². The molecule has 1 aliphatic heterocycles. The quantitative estimate of drug-likeness (QED) is 0.513. The number of hydrogen-bond acceptors (Lipinski definition) is 8. The molecule has 11 heteroatoms. The van der Waals surface area contributed by atoms with Crippen LogP contribution in [0.4, 0.5) is 4.79 Å². The van der Waals surface area contributed by atoms with Gasteiger partial charge >= 0.3 is 12.0 Å². The lowest BCUT2D eigenvalue weighted by Crippen LogP contribution is -2.47. The van der Waals surface area contributed by atoms with E-state index in [9.17, 15) is 18.0 Å². The second kappa shape index (κ2) is 10.5. The number of rotatable bonds is 9. The van der Waals surface area contributed by atoms with Crippen molar-refractivity contribution in [1.29, 1.82) is 0 Å². The predicted molar refractivity (Wildman–Crippen MR) is 123 cm³/mol. The van der Waals surface area contributed by atoms with Gasteiger partial charge in [-0.2, -0.15) is 0 Å². The Bertz CT molecular complexity index is 1220. The zero-order valence-electron chi connectivity index (χ0n) is 19.2. The van der Waals surface area contributed by atoms with Crippen molar-refractivity contribution in [3.05, 3.63) is 59.3 Å². The highest BCUT2D eigenvalue weighted by Crippen LogP contribution is 2.33. The van der Waals surface area contributed by atoms with Crippen LogP contribution >= 0.6 is 0 Å². The minimum atomic E-state index is -4.10. The maximum atomic E-state index is 13.4. The lowest BCUT2D eigenvalue weighted by Gasteiger charge is -2.29. The molecule has 2 N–H and O–H groups in total. The fraction of sp³-hybridized carbons (Fsp3) is 0.304. The highest BCUT2D eigenvalue weighted by atomic mass is 32.2. The molecular formula is C23H26N2O8S. The number of esters is 1. The molecule has 10 nitrogen and oxygen atoms in total. The molecule has 2 amide bonds. The molecule has 0 saturated heterocycles. The molecule has 2 aromatic rings. The summed E-state index contributed by atoms with van der Waals surface area (Å²) in [4.78, 5) is 25.3. The van der Waals surface area contributed by atoms with E-state index in [4.69, 9.17) is 18.9 Å². The molecule has 0 aromatic heterocycles. The van der Waals surface area contributed by atoms with Crippen molar-refractivity contribution < 1.29 is 37.0 Å². The van der Waals surface area contributed by atoms with Gasteiger partial charge in [0.25, 0.3) is 0 Å². The second-order valence-corrected chi connectivity index (χ2v) is 9.15. The van der Waals surface area contributed by atoms with Crippen LogP contribution in [0.5, 0.6) is 17.2 Å². The van der Waals surface area contributed by atoms with Gasteiger partial charge in [0.1, 0.15) is 22.1 Å². The number of carbonyl (C=O) groups excluding carboxylic acids is 2. The van der Waals surface area contributed by atoms with Gasteiger partial charge in [-0.15, -0.1) is 0 Å². The van der Waals surface area contributed by atoms with Gasteiger partial charge in [-0.25, -0.2) is 18.0 Å². The van der Waals surface area contributed by atoms with Gasteiger partial charge in [0, 0.05) is 11.8 Å². The Hall–Kier alpha value is -3.73. The van der Waals surface area contributed by atoms with Crippen molar-refractivity contribution in [2.75, 3.05) is 33.7 Å². The normalized spacial score (nSPS) is 15.8. The molecular weight excluding hydrogens is 464 g/mol. The molecule has 3 rings (SSSR count). The predicted octanol–water partition coefficient (Wildman–Crippen LogP) is 2.36. The molecule has 0 radical (unpaired) electrons. The maximum absolute atomic E-state index is 13.4.